The van der Waals surface area contributed by atoms with E-state index in [0.29, 0.717) is 53.2 Å². The average molecular weight is 710 g/mol. The van der Waals surface area contributed by atoms with Gasteiger partial charge in [-0.1, -0.05) is 31.3 Å². The number of hydrogen-bond acceptors (Lipinski definition) is 11. The molecule has 254 valence electrons. The van der Waals surface area contributed by atoms with Crippen molar-refractivity contribution in [1.29, 1.82) is 0 Å². The molecule has 47 heavy (non-hydrogen) atoms. The molecular formula is C27H38N9O8P3. The van der Waals surface area contributed by atoms with Crippen LogP contribution in [0.25, 0.3) is 10.4 Å². The van der Waals surface area contributed by atoms with Crippen molar-refractivity contribution in [2.75, 3.05) is 38.3 Å². The van der Waals surface area contributed by atoms with Crippen molar-refractivity contribution in [3.8, 4) is 11.8 Å². The maximum atomic E-state index is 12.7. The Morgan fingerprint density at radius 1 is 1.28 bits per heavy atom. The molecule has 1 saturated heterocycles. The second kappa shape index (κ2) is 20.6. The summed E-state index contributed by atoms with van der Waals surface area (Å²) in [6.45, 7) is 1.83. The van der Waals surface area contributed by atoms with Gasteiger partial charge < -0.3 is 35.9 Å². The number of nitrogens with zero attached hydrogens (tertiary/aromatic N) is 5. The molecule has 5 N–H and O–H groups in total. The summed E-state index contributed by atoms with van der Waals surface area (Å²) in [7, 11) is 0.648. The maximum absolute atomic E-state index is 12.7. The van der Waals surface area contributed by atoms with E-state index in [4.69, 9.17) is 25.5 Å². The molecule has 0 aromatic carbocycles. The fraction of sp³-hybridized carbons (Fsp3) is 0.593. The molecule has 3 rings (SSSR count). The van der Waals surface area contributed by atoms with Crippen LogP contribution in [0.1, 0.15) is 50.8 Å². The van der Waals surface area contributed by atoms with E-state index in [2.05, 4.69) is 42.8 Å². The smallest absolute Gasteiger partial charge is 0.408 e. The second-order valence-corrected chi connectivity index (χ2v) is 15.9. The predicted molar refractivity (Wildman–Crippen MR) is 177 cm³/mol. The van der Waals surface area contributed by atoms with Gasteiger partial charge in [0.15, 0.2) is 8.15 Å². The lowest BCUT2D eigenvalue weighted by Crippen LogP contribution is -2.37. The van der Waals surface area contributed by atoms with Gasteiger partial charge in [0.2, 0.25) is 11.8 Å². The van der Waals surface area contributed by atoms with Gasteiger partial charge in [0.25, 0.3) is 0 Å². The van der Waals surface area contributed by atoms with E-state index in [1.54, 1.807) is 6.08 Å². The van der Waals surface area contributed by atoms with E-state index < -0.39 is 36.3 Å². The first-order valence-electron chi connectivity index (χ1n) is 14.8. The number of rotatable bonds is 14. The predicted octanol–water partition coefficient (Wildman–Crippen LogP) is 2.69. The van der Waals surface area contributed by atoms with Gasteiger partial charge in [-0.2, -0.15) is 4.98 Å². The Bertz CT molecular complexity index is 1460. The van der Waals surface area contributed by atoms with Crippen LogP contribution in [0.3, 0.4) is 0 Å². The first-order chi connectivity index (χ1) is 22.7. The average Bonchev–Trinajstić information content (AvgIpc) is 3.42. The highest BCUT2D eigenvalue weighted by Gasteiger charge is 2.37. The van der Waals surface area contributed by atoms with Crippen LogP contribution in [0.15, 0.2) is 28.3 Å². The molecule has 0 radical (unpaired) electrons. The molecule has 0 saturated carbocycles. The summed E-state index contributed by atoms with van der Waals surface area (Å²) < 4.78 is 29.4. The number of anilines is 1. The molecule has 0 bridgehead atoms. The van der Waals surface area contributed by atoms with E-state index in [-0.39, 0.29) is 64.9 Å². The standard InChI is InChI=1S/C27H38N9O8P3/c1-17(37)30-11-12-31-25(38)18-5-2-3-7-20(9-8-18)43-27(40)32-10-4-6-19-14-36(26(39)34-24(19)28)23-13-21(42-16-33-35-29)22(44-23)15-45-47-46-41/h3,7,14,18,20-23,45,47H,2,5,8-13,15-16H2,1H3,(H,30,37)(H,31,38)(H,32,40)(H2,28,34,39)/b7-3+/t18-,20?,21?,22+,23+/m0/s1. The molecule has 1 aliphatic heterocycles. The zero-order valence-corrected chi connectivity index (χ0v) is 28.6. The van der Waals surface area contributed by atoms with Crippen LogP contribution < -0.4 is 27.4 Å². The van der Waals surface area contributed by atoms with Gasteiger partial charge >= 0.3 is 11.8 Å². The van der Waals surface area contributed by atoms with Crippen molar-refractivity contribution in [3.05, 3.63) is 44.8 Å². The molecule has 3 amide bonds. The summed E-state index contributed by atoms with van der Waals surface area (Å²) in [6.07, 6.45) is 5.47. The summed E-state index contributed by atoms with van der Waals surface area (Å²) in [5.41, 5.74) is 14.1. The van der Waals surface area contributed by atoms with Gasteiger partial charge in [-0.3, -0.25) is 18.7 Å². The normalized spacial score (nSPS) is 23.3. The number of azide groups is 1. The van der Waals surface area contributed by atoms with Gasteiger partial charge in [0.05, 0.1) is 24.3 Å². The number of allylic oxidation sites excluding steroid dienone is 1. The molecule has 0 spiro atoms. The lowest BCUT2D eigenvalue weighted by molar-refractivity contribution is -0.126. The van der Waals surface area contributed by atoms with Crippen LogP contribution in [0.5, 0.6) is 0 Å². The van der Waals surface area contributed by atoms with Crippen LogP contribution >= 0.6 is 24.4 Å². The third-order valence-electron chi connectivity index (χ3n) is 7.11. The maximum Gasteiger partial charge on any atom is 0.408 e. The number of nitrogen functional groups attached to an aromatic ring is 1. The molecule has 2 heterocycles. The first-order valence-corrected chi connectivity index (χ1v) is 19.7. The monoisotopic (exact) mass is 709 g/mol. The number of hydrogen-bond donors (Lipinski definition) is 4. The SMILES string of the molecule is CC(=O)NCCNC(=O)[C@H]1CC/C=C/C(OC(=O)NCC#Cc2cn([C@H]3CC(OCN=[N+]=[N-])[C@@H](CPPP=O)O3)c(=O)nc2N)CC1. The quantitative estimate of drug-likeness (QED) is 0.0419. The number of nitrogens with one attached hydrogen (secondary N) is 3. The topological polar surface area (TPSA) is 242 Å². The fourth-order valence-corrected chi connectivity index (χ4v) is 8.05. The van der Waals surface area contributed by atoms with Crippen LogP contribution in [0.4, 0.5) is 10.6 Å². The van der Waals surface area contributed by atoms with Crippen LogP contribution in [0, 0.1) is 17.8 Å². The van der Waals surface area contributed by atoms with Crippen molar-refractivity contribution in [3.63, 3.8) is 0 Å². The Balaban J connectivity index is 1.53. The molecule has 1 aromatic rings. The molecule has 1 fully saturated rings. The highest BCUT2D eigenvalue weighted by molar-refractivity contribution is 8.40. The third-order valence-corrected chi connectivity index (χ3v) is 11.6. The molecule has 17 nitrogen and oxygen atoms in total. The van der Waals surface area contributed by atoms with Crippen molar-refractivity contribution in [2.24, 2.45) is 11.0 Å². The van der Waals surface area contributed by atoms with E-state index in [9.17, 15) is 23.7 Å². The van der Waals surface area contributed by atoms with Gasteiger partial charge in [-0.05, 0) is 51.4 Å². The summed E-state index contributed by atoms with van der Waals surface area (Å²) in [4.78, 5) is 55.2. The van der Waals surface area contributed by atoms with Crippen LogP contribution in [0.2, 0.25) is 0 Å². The highest BCUT2D eigenvalue weighted by atomic mass is 32.4. The van der Waals surface area contributed by atoms with Gasteiger partial charge in [0.1, 0.15) is 24.9 Å². The number of amides is 3. The number of alkyl carbamates (subject to hydrolysis) is 1. The van der Waals surface area contributed by atoms with Gasteiger partial charge in [-0.15, -0.1) is 0 Å². The van der Waals surface area contributed by atoms with Crippen LogP contribution in [-0.2, 0) is 28.4 Å². The van der Waals surface area contributed by atoms with Crippen molar-refractivity contribution < 1.29 is 33.2 Å². The van der Waals surface area contributed by atoms with E-state index in [1.807, 2.05) is 6.08 Å². The number of carbonyl (C=O) groups excluding carboxylic acids is 3. The van der Waals surface area contributed by atoms with Gasteiger partial charge in [-0.25, -0.2) is 9.59 Å². The molecule has 7 atom stereocenters. The number of nitrogens with two attached hydrogens (primary N) is 1. The second-order valence-electron chi connectivity index (χ2n) is 10.4. The number of aromatic nitrogens is 2. The lowest BCUT2D eigenvalue weighted by Gasteiger charge is -2.21. The molecule has 4 unspecified atom stereocenters. The first kappa shape index (κ1) is 37.8. The highest BCUT2D eigenvalue weighted by Crippen LogP contribution is 2.48. The zero-order chi connectivity index (χ0) is 34.0. The van der Waals surface area contributed by atoms with E-state index in [0.717, 1.165) is 0 Å². The number of ether oxygens (including phenoxy) is 3. The largest absolute Gasteiger partial charge is 0.442 e. The van der Waals surface area contributed by atoms with Gasteiger partial charge in [0, 0.05) is 43.5 Å². The molecular weight excluding hydrogens is 671 g/mol. The summed E-state index contributed by atoms with van der Waals surface area (Å²) in [5.74, 6) is 5.00. The Morgan fingerprint density at radius 3 is 2.85 bits per heavy atom. The molecule has 20 heteroatoms. The lowest BCUT2D eigenvalue weighted by atomic mass is 9.92. The van der Waals surface area contributed by atoms with E-state index >= 15 is 0 Å². The van der Waals surface area contributed by atoms with Crippen molar-refractivity contribution in [1.82, 2.24) is 25.5 Å². The molecule has 1 aliphatic carbocycles. The fourth-order valence-electron chi connectivity index (χ4n) is 4.86. The minimum atomic E-state index is -0.741. The van der Waals surface area contributed by atoms with Crippen molar-refractivity contribution >= 4 is 48.1 Å². The van der Waals surface area contributed by atoms with Crippen molar-refractivity contribution in [2.45, 2.75) is 63.6 Å². The molecule has 1 aromatic heterocycles. The Kier molecular flexibility index (Phi) is 16.6. The minimum absolute atomic E-state index is 0.0567. The Labute approximate surface area is 276 Å². The van der Waals surface area contributed by atoms with E-state index in [1.165, 1.54) is 17.7 Å². The summed E-state index contributed by atoms with van der Waals surface area (Å²) in [6, 6.07) is 0. The zero-order valence-electron chi connectivity index (χ0n) is 25.7. The summed E-state index contributed by atoms with van der Waals surface area (Å²) in [5, 5.41) is 11.4. The van der Waals surface area contributed by atoms with Crippen LogP contribution in [-0.4, -0.2) is 78.3 Å². The Morgan fingerprint density at radius 2 is 2.09 bits per heavy atom. The summed E-state index contributed by atoms with van der Waals surface area (Å²) >= 11 is 0. The Hall–Kier alpha value is -3.62. The molecule has 2 aliphatic rings. The third kappa shape index (κ3) is 13.2. The minimum Gasteiger partial charge on any atom is -0.442 e. The number of carbonyl (C=O) groups is 3.